The molecule has 0 saturated carbocycles. The first-order valence-corrected chi connectivity index (χ1v) is 5.02. The Bertz CT molecular complexity index is 471. The van der Waals surface area contributed by atoms with Crippen LogP contribution in [0.1, 0.15) is 16.8 Å². The summed E-state index contributed by atoms with van der Waals surface area (Å²) in [6.07, 6.45) is 3.62. The van der Waals surface area contributed by atoms with Crippen LogP contribution in [0.15, 0.2) is 30.7 Å². The van der Waals surface area contributed by atoms with Gasteiger partial charge in [0.05, 0.1) is 12.0 Å². The van der Waals surface area contributed by atoms with E-state index in [1.165, 1.54) is 11.1 Å². The Morgan fingerprint density at radius 1 is 1.33 bits per heavy atom. The first-order chi connectivity index (χ1) is 7.24. The van der Waals surface area contributed by atoms with Crippen molar-refractivity contribution in [3.8, 4) is 5.69 Å². The van der Waals surface area contributed by atoms with E-state index >= 15 is 0 Å². The highest BCUT2D eigenvalue weighted by Crippen LogP contribution is 2.18. The van der Waals surface area contributed by atoms with Gasteiger partial charge in [-0.15, -0.1) is 0 Å². The Labute approximate surface area is 89.6 Å². The van der Waals surface area contributed by atoms with Crippen LogP contribution in [-0.4, -0.2) is 9.55 Å². The van der Waals surface area contributed by atoms with Gasteiger partial charge in [0.15, 0.2) is 0 Å². The fraction of sp³-hybridized carbons (Fsp3) is 0.250. The van der Waals surface area contributed by atoms with Gasteiger partial charge in [0.2, 0.25) is 0 Å². The van der Waals surface area contributed by atoms with E-state index in [2.05, 4.69) is 37.0 Å². The maximum absolute atomic E-state index is 5.66. The van der Waals surface area contributed by atoms with E-state index < -0.39 is 0 Å². The molecule has 3 nitrogen and oxygen atoms in total. The van der Waals surface area contributed by atoms with Crippen LogP contribution >= 0.6 is 0 Å². The van der Waals surface area contributed by atoms with E-state index in [-0.39, 0.29) is 0 Å². The van der Waals surface area contributed by atoms with E-state index in [1.54, 1.807) is 0 Å². The van der Waals surface area contributed by atoms with Crippen molar-refractivity contribution in [2.75, 3.05) is 0 Å². The van der Waals surface area contributed by atoms with Gasteiger partial charge in [-0.2, -0.15) is 0 Å². The second-order valence-corrected chi connectivity index (χ2v) is 3.68. The molecule has 0 aliphatic carbocycles. The Kier molecular flexibility index (Phi) is 2.56. The normalized spacial score (nSPS) is 10.6. The van der Waals surface area contributed by atoms with Gasteiger partial charge in [-0.25, -0.2) is 4.98 Å². The van der Waals surface area contributed by atoms with Gasteiger partial charge in [-0.05, 0) is 31.0 Å². The van der Waals surface area contributed by atoms with Crippen LogP contribution < -0.4 is 5.73 Å². The standard InChI is InChI=1S/C12H15N3/c1-9-4-3-5-12(10(9)2)15-8-14-7-11(15)6-13/h3-5,7-8H,6,13H2,1-2H3. The third kappa shape index (κ3) is 1.66. The maximum Gasteiger partial charge on any atom is 0.0994 e. The lowest BCUT2D eigenvalue weighted by Crippen LogP contribution is -2.06. The van der Waals surface area contributed by atoms with Crippen molar-refractivity contribution in [3.05, 3.63) is 47.5 Å². The molecule has 0 fully saturated rings. The van der Waals surface area contributed by atoms with Crippen molar-refractivity contribution in [1.29, 1.82) is 0 Å². The quantitative estimate of drug-likeness (QED) is 0.807. The predicted molar refractivity (Wildman–Crippen MR) is 60.9 cm³/mol. The summed E-state index contributed by atoms with van der Waals surface area (Å²) in [5.41, 5.74) is 10.4. The molecule has 78 valence electrons. The Morgan fingerprint density at radius 3 is 2.87 bits per heavy atom. The van der Waals surface area contributed by atoms with E-state index in [9.17, 15) is 0 Å². The summed E-state index contributed by atoms with van der Waals surface area (Å²) in [5.74, 6) is 0. The third-order valence-corrected chi connectivity index (χ3v) is 2.76. The summed E-state index contributed by atoms with van der Waals surface area (Å²) in [7, 11) is 0. The van der Waals surface area contributed by atoms with Crippen LogP contribution in [0.3, 0.4) is 0 Å². The molecule has 0 unspecified atom stereocenters. The molecule has 0 aliphatic rings. The van der Waals surface area contributed by atoms with Crippen molar-refractivity contribution in [2.45, 2.75) is 20.4 Å². The zero-order chi connectivity index (χ0) is 10.8. The highest BCUT2D eigenvalue weighted by Gasteiger charge is 2.06. The first-order valence-electron chi connectivity index (χ1n) is 5.02. The van der Waals surface area contributed by atoms with Crippen LogP contribution in [0, 0.1) is 13.8 Å². The maximum atomic E-state index is 5.66. The highest BCUT2D eigenvalue weighted by molar-refractivity contribution is 5.45. The number of hydrogen-bond donors (Lipinski definition) is 1. The average molecular weight is 201 g/mol. The number of nitrogens with zero attached hydrogens (tertiary/aromatic N) is 2. The smallest absolute Gasteiger partial charge is 0.0994 e. The van der Waals surface area contributed by atoms with Gasteiger partial charge in [-0.1, -0.05) is 12.1 Å². The van der Waals surface area contributed by atoms with Gasteiger partial charge in [0, 0.05) is 18.4 Å². The van der Waals surface area contributed by atoms with Gasteiger partial charge in [0.1, 0.15) is 0 Å². The number of rotatable bonds is 2. The molecule has 0 bridgehead atoms. The third-order valence-electron chi connectivity index (χ3n) is 2.76. The van der Waals surface area contributed by atoms with Crippen LogP contribution in [0.25, 0.3) is 5.69 Å². The van der Waals surface area contributed by atoms with Crippen molar-refractivity contribution in [2.24, 2.45) is 5.73 Å². The molecule has 0 saturated heterocycles. The van der Waals surface area contributed by atoms with Crippen LogP contribution in [0.4, 0.5) is 0 Å². The lowest BCUT2D eigenvalue weighted by Gasteiger charge is -2.11. The number of aromatic nitrogens is 2. The number of hydrogen-bond acceptors (Lipinski definition) is 2. The van der Waals surface area contributed by atoms with Crippen LogP contribution in [0.2, 0.25) is 0 Å². The topological polar surface area (TPSA) is 43.8 Å². The summed E-state index contributed by atoms with van der Waals surface area (Å²) >= 11 is 0. The fourth-order valence-corrected chi connectivity index (χ4v) is 1.69. The molecule has 0 spiro atoms. The Morgan fingerprint density at radius 2 is 2.13 bits per heavy atom. The molecule has 0 atom stereocenters. The lowest BCUT2D eigenvalue weighted by atomic mass is 10.1. The number of aryl methyl sites for hydroxylation is 1. The predicted octanol–water partition coefficient (Wildman–Crippen LogP) is 1.95. The molecule has 15 heavy (non-hydrogen) atoms. The largest absolute Gasteiger partial charge is 0.325 e. The van der Waals surface area contributed by atoms with E-state index in [1.807, 2.05) is 17.1 Å². The van der Waals surface area contributed by atoms with E-state index in [4.69, 9.17) is 5.73 Å². The molecule has 2 rings (SSSR count). The average Bonchev–Trinajstić information content (AvgIpc) is 2.70. The van der Waals surface area contributed by atoms with Crippen molar-refractivity contribution < 1.29 is 0 Å². The zero-order valence-electron chi connectivity index (χ0n) is 9.07. The lowest BCUT2D eigenvalue weighted by molar-refractivity contribution is 0.902. The monoisotopic (exact) mass is 201 g/mol. The van der Waals surface area contributed by atoms with Crippen LogP contribution in [0.5, 0.6) is 0 Å². The fourth-order valence-electron chi connectivity index (χ4n) is 1.69. The molecule has 1 heterocycles. The number of benzene rings is 1. The van der Waals surface area contributed by atoms with Gasteiger partial charge >= 0.3 is 0 Å². The molecule has 1 aromatic carbocycles. The molecule has 2 N–H and O–H groups in total. The van der Waals surface area contributed by atoms with Crippen LogP contribution in [-0.2, 0) is 6.54 Å². The zero-order valence-corrected chi connectivity index (χ0v) is 9.07. The Balaban J connectivity index is 2.59. The summed E-state index contributed by atoms with van der Waals surface area (Å²) < 4.78 is 2.04. The second-order valence-electron chi connectivity index (χ2n) is 3.68. The van der Waals surface area contributed by atoms with E-state index in [0.29, 0.717) is 6.54 Å². The van der Waals surface area contributed by atoms with Gasteiger partial charge in [0.25, 0.3) is 0 Å². The van der Waals surface area contributed by atoms with Gasteiger partial charge in [-0.3, -0.25) is 0 Å². The van der Waals surface area contributed by atoms with Crippen molar-refractivity contribution in [3.63, 3.8) is 0 Å². The minimum atomic E-state index is 0.507. The summed E-state index contributed by atoms with van der Waals surface area (Å²) in [6.45, 7) is 4.73. The first kappa shape index (κ1) is 9.93. The van der Waals surface area contributed by atoms with Crippen molar-refractivity contribution in [1.82, 2.24) is 9.55 Å². The minimum absolute atomic E-state index is 0.507. The molecule has 0 aliphatic heterocycles. The molecule has 0 amide bonds. The molecular formula is C12H15N3. The SMILES string of the molecule is Cc1cccc(-n2cncc2CN)c1C. The Hall–Kier alpha value is -1.61. The molecule has 3 heteroatoms. The molecule has 0 radical (unpaired) electrons. The summed E-state index contributed by atoms with van der Waals surface area (Å²) in [6, 6.07) is 6.25. The van der Waals surface area contributed by atoms with Crippen molar-refractivity contribution >= 4 is 0 Å². The second kappa shape index (κ2) is 3.87. The summed E-state index contributed by atoms with van der Waals surface area (Å²) in [4.78, 5) is 4.12. The minimum Gasteiger partial charge on any atom is -0.325 e. The highest BCUT2D eigenvalue weighted by atomic mass is 15.1. The molecule has 2 aromatic rings. The number of nitrogens with two attached hydrogens (primary N) is 1. The molecular weight excluding hydrogens is 186 g/mol. The van der Waals surface area contributed by atoms with E-state index in [0.717, 1.165) is 11.4 Å². The molecule has 1 aromatic heterocycles. The summed E-state index contributed by atoms with van der Waals surface area (Å²) in [5, 5.41) is 0. The van der Waals surface area contributed by atoms with Gasteiger partial charge < -0.3 is 10.3 Å². The number of imidazole rings is 1.